The van der Waals surface area contributed by atoms with Crippen molar-refractivity contribution in [2.75, 3.05) is 13.1 Å². The zero-order chi connectivity index (χ0) is 12.0. The van der Waals surface area contributed by atoms with Crippen LogP contribution in [-0.4, -0.2) is 33.9 Å². The molecule has 0 aliphatic carbocycles. The zero-order valence-corrected chi connectivity index (χ0v) is 9.81. The second kappa shape index (κ2) is 5.65. The second-order valence-electron chi connectivity index (χ2n) is 4.49. The molecule has 16 heavy (non-hydrogen) atoms. The van der Waals surface area contributed by atoms with Crippen molar-refractivity contribution in [2.45, 2.75) is 26.8 Å². The van der Waals surface area contributed by atoms with Crippen LogP contribution >= 0.6 is 0 Å². The Labute approximate surface area is 95.5 Å². The maximum atomic E-state index is 10.8. The first-order chi connectivity index (χ1) is 7.52. The summed E-state index contributed by atoms with van der Waals surface area (Å²) in [6.45, 7) is 5.58. The van der Waals surface area contributed by atoms with Crippen LogP contribution in [0.25, 0.3) is 0 Å². The maximum absolute atomic E-state index is 10.8. The number of carboxylic acid groups (broad SMARTS) is 1. The fourth-order valence-corrected chi connectivity index (χ4v) is 1.28. The van der Waals surface area contributed by atoms with Crippen LogP contribution < -0.4 is 5.32 Å². The van der Waals surface area contributed by atoms with E-state index in [4.69, 9.17) is 5.11 Å². The summed E-state index contributed by atoms with van der Waals surface area (Å²) in [5.41, 5.74) is -0.703. The molecule has 0 atom stereocenters. The average molecular weight is 225 g/mol. The topological polar surface area (TPSA) is 67.2 Å². The lowest BCUT2D eigenvalue weighted by molar-refractivity contribution is -0.146. The predicted octanol–water partition coefficient (Wildman–Crippen LogP) is 0.974. The number of nitrogens with one attached hydrogen (secondary N) is 1. The van der Waals surface area contributed by atoms with Crippen LogP contribution in [0.5, 0.6) is 0 Å². The molecule has 0 spiro atoms. The number of nitrogens with zero attached hydrogens (tertiary/aromatic N) is 2. The number of carboxylic acids is 1. The number of hydrogen-bond donors (Lipinski definition) is 2. The van der Waals surface area contributed by atoms with E-state index < -0.39 is 11.4 Å². The number of aryl methyl sites for hydroxylation is 1. The molecule has 1 aromatic rings. The molecule has 0 saturated heterocycles. The van der Waals surface area contributed by atoms with Gasteiger partial charge in [0.2, 0.25) is 0 Å². The molecule has 0 bridgehead atoms. The van der Waals surface area contributed by atoms with Crippen molar-refractivity contribution in [2.24, 2.45) is 5.41 Å². The van der Waals surface area contributed by atoms with Crippen LogP contribution in [0.2, 0.25) is 0 Å². The minimum Gasteiger partial charge on any atom is -0.481 e. The Balaban J connectivity index is 2.10. The van der Waals surface area contributed by atoms with E-state index in [0.29, 0.717) is 6.54 Å². The van der Waals surface area contributed by atoms with E-state index in [1.165, 1.54) is 0 Å². The molecule has 0 radical (unpaired) electrons. The van der Waals surface area contributed by atoms with Crippen molar-refractivity contribution in [3.8, 4) is 0 Å². The van der Waals surface area contributed by atoms with Crippen LogP contribution in [-0.2, 0) is 11.3 Å². The molecular formula is C11H19N3O2. The van der Waals surface area contributed by atoms with Gasteiger partial charge in [-0.3, -0.25) is 9.48 Å². The summed E-state index contributed by atoms with van der Waals surface area (Å²) in [6, 6.07) is 1.89. The number of hydrogen-bond acceptors (Lipinski definition) is 3. The van der Waals surface area contributed by atoms with Crippen molar-refractivity contribution in [1.82, 2.24) is 15.1 Å². The highest BCUT2D eigenvalue weighted by atomic mass is 16.4. The number of rotatable bonds is 7. The van der Waals surface area contributed by atoms with Gasteiger partial charge in [0, 0.05) is 25.5 Å². The van der Waals surface area contributed by atoms with Crippen LogP contribution in [0.4, 0.5) is 0 Å². The van der Waals surface area contributed by atoms with E-state index in [2.05, 4.69) is 10.4 Å². The molecule has 1 heterocycles. The van der Waals surface area contributed by atoms with Crippen molar-refractivity contribution in [3.63, 3.8) is 0 Å². The van der Waals surface area contributed by atoms with Crippen LogP contribution in [0.3, 0.4) is 0 Å². The SMILES string of the molecule is CC(C)(CNCCCn1cccn1)C(=O)O. The minimum atomic E-state index is -0.771. The Morgan fingerprint density at radius 2 is 2.31 bits per heavy atom. The lowest BCUT2D eigenvalue weighted by Gasteiger charge is -2.19. The summed E-state index contributed by atoms with van der Waals surface area (Å²) < 4.78 is 1.87. The van der Waals surface area contributed by atoms with E-state index in [1.807, 2.05) is 16.9 Å². The van der Waals surface area contributed by atoms with Crippen molar-refractivity contribution >= 4 is 5.97 Å². The lowest BCUT2D eigenvalue weighted by Crippen LogP contribution is -2.36. The Morgan fingerprint density at radius 1 is 1.56 bits per heavy atom. The van der Waals surface area contributed by atoms with E-state index in [-0.39, 0.29) is 0 Å². The number of aliphatic carboxylic acids is 1. The molecule has 5 nitrogen and oxygen atoms in total. The maximum Gasteiger partial charge on any atom is 0.310 e. The molecule has 0 fully saturated rings. The summed E-state index contributed by atoms with van der Waals surface area (Å²) >= 11 is 0. The second-order valence-corrected chi connectivity index (χ2v) is 4.49. The Bertz CT molecular complexity index is 320. The lowest BCUT2D eigenvalue weighted by atomic mass is 9.94. The minimum absolute atomic E-state index is 0.488. The molecule has 0 aromatic carbocycles. The fourth-order valence-electron chi connectivity index (χ4n) is 1.28. The first-order valence-electron chi connectivity index (χ1n) is 5.44. The third kappa shape index (κ3) is 4.02. The van der Waals surface area contributed by atoms with Gasteiger partial charge >= 0.3 is 5.97 Å². The monoisotopic (exact) mass is 225 g/mol. The highest BCUT2D eigenvalue weighted by Crippen LogP contribution is 2.12. The molecular weight excluding hydrogens is 206 g/mol. The molecule has 0 aliphatic rings. The molecule has 1 rings (SSSR count). The molecule has 1 aromatic heterocycles. The average Bonchev–Trinajstić information content (AvgIpc) is 2.69. The van der Waals surface area contributed by atoms with Crippen molar-refractivity contribution in [3.05, 3.63) is 18.5 Å². The zero-order valence-electron chi connectivity index (χ0n) is 9.81. The molecule has 90 valence electrons. The first kappa shape index (κ1) is 12.7. The van der Waals surface area contributed by atoms with Gasteiger partial charge in [0.05, 0.1) is 5.41 Å². The molecule has 0 saturated carbocycles. The molecule has 5 heteroatoms. The summed E-state index contributed by atoms with van der Waals surface area (Å²) in [5.74, 6) is -0.771. The smallest absolute Gasteiger partial charge is 0.310 e. The van der Waals surface area contributed by atoms with Crippen LogP contribution in [0.1, 0.15) is 20.3 Å². The Hall–Kier alpha value is -1.36. The largest absolute Gasteiger partial charge is 0.481 e. The van der Waals surface area contributed by atoms with Gasteiger partial charge in [0.15, 0.2) is 0 Å². The Morgan fingerprint density at radius 3 is 2.88 bits per heavy atom. The van der Waals surface area contributed by atoms with E-state index >= 15 is 0 Å². The summed E-state index contributed by atoms with van der Waals surface area (Å²) in [6.07, 6.45) is 4.61. The summed E-state index contributed by atoms with van der Waals surface area (Å²) in [7, 11) is 0. The molecule has 2 N–H and O–H groups in total. The fraction of sp³-hybridized carbons (Fsp3) is 0.636. The summed E-state index contributed by atoms with van der Waals surface area (Å²) in [5, 5.41) is 16.1. The van der Waals surface area contributed by atoms with E-state index in [9.17, 15) is 4.79 Å². The van der Waals surface area contributed by atoms with Gasteiger partial charge in [0.1, 0.15) is 0 Å². The van der Waals surface area contributed by atoms with Crippen molar-refractivity contribution in [1.29, 1.82) is 0 Å². The van der Waals surface area contributed by atoms with Gasteiger partial charge in [-0.15, -0.1) is 0 Å². The van der Waals surface area contributed by atoms with Gasteiger partial charge in [-0.1, -0.05) is 0 Å². The normalized spacial score (nSPS) is 11.6. The molecule has 0 unspecified atom stereocenters. The third-order valence-corrected chi connectivity index (χ3v) is 2.45. The quantitative estimate of drug-likeness (QED) is 0.679. The standard InChI is InChI=1S/C11H19N3O2/c1-11(2,10(15)16)9-12-5-3-7-14-8-4-6-13-14/h4,6,8,12H,3,5,7,9H2,1-2H3,(H,15,16). The molecule has 0 amide bonds. The predicted molar refractivity (Wildman–Crippen MR) is 61.1 cm³/mol. The first-order valence-corrected chi connectivity index (χ1v) is 5.44. The van der Waals surface area contributed by atoms with Gasteiger partial charge < -0.3 is 10.4 Å². The van der Waals surface area contributed by atoms with Crippen molar-refractivity contribution < 1.29 is 9.90 Å². The van der Waals surface area contributed by atoms with E-state index in [0.717, 1.165) is 19.5 Å². The van der Waals surface area contributed by atoms with E-state index in [1.54, 1.807) is 20.0 Å². The van der Waals surface area contributed by atoms with Crippen LogP contribution in [0, 0.1) is 5.41 Å². The van der Waals surface area contributed by atoms with Gasteiger partial charge in [-0.2, -0.15) is 5.10 Å². The van der Waals surface area contributed by atoms with Gasteiger partial charge in [-0.25, -0.2) is 0 Å². The third-order valence-electron chi connectivity index (χ3n) is 2.45. The number of aromatic nitrogens is 2. The highest BCUT2D eigenvalue weighted by molar-refractivity contribution is 5.73. The molecule has 0 aliphatic heterocycles. The highest BCUT2D eigenvalue weighted by Gasteiger charge is 2.25. The Kier molecular flexibility index (Phi) is 4.49. The van der Waals surface area contributed by atoms with Gasteiger partial charge in [0.25, 0.3) is 0 Å². The number of carbonyl (C=O) groups is 1. The summed E-state index contributed by atoms with van der Waals surface area (Å²) in [4.78, 5) is 10.8. The van der Waals surface area contributed by atoms with Gasteiger partial charge in [-0.05, 0) is 32.9 Å². The van der Waals surface area contributed by atoms with Crippen LogP contribution in [0.15, 0.2) is 18.5 Å².